The zero-order chi connectivity index (χ0) is 15.1. The molecule has 2 N–H and O–H groups in total. The van der Waals surface area contributed by atoms with Crippen molar-refractivity contribution in [3.8, 4) is 0 Å². The van der Waals surface area contributed by atoms with E-state index in [0.717, 1.165) is 25.9 Å². The van der Waals surface area contributed by atoms with E-state index in [1.54, 1.807) is 12.1 Å². The summed E-state index contributed by atoms with van der Waals surface area (Å²) in [6.45, 7) is 1.80. The van der Waals surface area contributed by atoms with Crippen LogP contribution in [0.1, 0.15) is 23.6 Å². The van der Waals surface area contributed by atoms with E-state index in [2.05, 4.69) is 16.9 Å². The average Bonchev–Trinajstić information content (AvgIpc) is 2.52. The van der Waals surface area contributed by atoms with Gasteiger partial charge in [-0.25, -0.2) is 4.39 Å². The van der Waals surface area contributed by atoms with Gasteiger partial charge in [-0.15, -0.1) is 0 Å². The molecular weight excluding hydrogens is 265 g/mol. The molecule has 3 nitrogen and oxygen atoms in total. The molecule has 1 unspecified atom stereocenters. The summed E-state index contributed by atoms with van der Waals surface area (Å²) in [5.41, 5.74) is 7.95. The Morgan fingerprint density at radius 3 is 2.57 bits per heavy atom. The highest BCUT2D eigenvalue weighted by Crippen LogP contribution is 2.17. The molecule has 4 heteroatoms. The van der Waals surface area contributed by atoms with Crippen molar-refractivity contribution in [3.05, 3.63) is 65.7 Å². The van der Waals surface area contributed by atoms with Gasteiger partial charge in [-0.3, -0.25) is 4.98 Å². The quantitative estimate of drug-likeness (QED) is 0.851. The van der Waals surface area contributed by atoms with Crippen LogP contribution in [0.4, 0.5) is 4.39 Å². The first-order valence-electron chi connectivity index (χ1n) is 7.24. The first-order valence-corrected chi connectivity index (χ1v) is 7.24. The molecule has 0 spiro atoms. The largest absolute Gasteiger partial charge is 0.324 e. The van der Waals surface area contributed by atoms with Crippen molar-refractivity contribution in [2.75, 3.05) is 20.1 Å². The van der Waals surface area contributed by atoms with Crippen molar-refractivity contribution < 1.29 is 4.39 Å². The first-order chi connectivity index (χ1) is 10.2. The lowest BCUT2D eigenvalue weighted by atomic mass is 10.0. The number of likely N-dealkylation sites (N-methyl/N-ethyl adjacent to an activating group) is 1. The van der Waals surface area contributed by atoms with Crippen LogP contribution in [0.2, 0.25) is 0 Å². The van der Waals surface area contributed by atoms with Crippen LogP contribution in [-0.4, -0.2) is 30.0 Å². The number of rotatable bonds is 7. The van der Waals surface area contributed by atoms with Gasteiger partial charge in [0.05, 0.1) is 0 Å². The van der Waals surface area contributed by atoms with Gasteiger partial charge in [-0.1, -0.05) is 18.2 Å². The van der Waals surface area contributed by atoms with Gasteiger partial charge in [-0.05, 0) is 50.2 Å². The Morgan fingerprint density at radius 2 is 1.86 bits per heavy atom. The van der Waals surface area contributed by atoms with Gasteiger partial charge in [-0.2, -0.15) is 0 Å². The molecule has 0 aliphatic rings. The van der Waals surface area contributed by atoms with Crippen LogP contribution in [0.5, 0.6) is 0 Å². The Bertz CT molecular complexity index is 545. The molecule has 21 heavy (non-hydrogen) atoms. The predicted octanol–water partition coefficient (Wildman–Crippen LogP) is 2.79. The molecule has 112 valence electrons. The molecule has 0 saturated carbocycles. The topological polar surface area (TPSA) is 42.2 Å². The number of nitrogens with zero attached hydrogens (tertiary/aromatic N) is 2. The number of benzene rings is 1. The molecule has 0 radical (unpaired) electrons. The molecule has 1 atom stereocenters. The minimum absolute atomic E-state index is 0.218. The van der Waals surface area contributed by atoms with E-state index in [1.165, 1.54) is 11.6 Å². The maximum Gasteiger partial charge on any atom is 0.127 e. The lowest BCUT2D eigenvalue weighted by Gasteiger charge is -2.19. The van der Waals surface area contributed by atoms with E-state index in [1.807, 2.05) is 30.6 Å². The molecule has 0 aliphatic heterocycles. The summed E-state index contributed by atoms with van der Waals surface area (Å²) in [6.07, 6.45) is 5.34. The van der Waals surface area contributed by atoms with E-state index in [9.17, 15) is 4.39 Å². The van der Waals surface area contributed by atoms with E-state index in [0.29, 0.717) is 5.56 Å². The van der Waals surface area contributed by atoms with Crippen molar-refractivity contribution >= 4 is 0 Å². The van der Waals surface area contributed by atoms with Gasteiger partial charge in [0.15, 0.2) is 0 Å². The van der Waals surface area contributed by atoms with Crippen molar-refractivity contribution in [1.82, 2.24) is 9.88 Å². The number of hydrogen-bond acceptors (Lipinski definition) is 3. The number of hydrogen-bond donors (Lipinski definition) is 1. The van der Waals surface area contributed by atoms with Gasteiger partial charge in [0.1, 0.15) is 5.82 Å². The van der Waals surface area contributed by atoms with E-state index >= 15 is 0 Å². The third-order valence-electron chi connectivity index (χ3n) is 3.66. The Morgan fingerprint density at radius 1 is 1.14 bits per heavy atom. The van der Waals surface area contributed by atoms with Crippen molar-refractivity contribution in [2.24, 2.45) is 5.73 Å². The second-order valence-corrected chi connectivity index (χ2v) is 5.33. The second-order valence-electron chi connectivity index (χ2n) is 5.33. The van der Waals surface area contributed by atoms with Crippen molar-refractivity contribution in [3.63, 3.8) is 0 Å². The fourth-order valence-electron chi connectivity index (χ4n) is 2.27. The second kappa shape index (κ2) is 7.86. The molecule has 1 aromatic heterocycles. The Hall–Kier alpha value is -1.78. The fraction of sp³-hybridized carbons (Fsp3) is 0.353. The zero-order valence-corrected chi connectivity index (χ0v) is 12.4. The lowest BCUT2D eigenvalue weighted by Crippen LogP contribution is -2.26. The smallest absolute Gasteiger partial charge is 0.127 e. The summed E-state index contributed by atoms with van der Waals surface area (Å²) >= 11 is 0. The zero-order valence-electron chi connectivity index (χ0n) is 12.4. The summed E-state index contributed by atoms with van der Waals surface area (Å²) in [5.74, 6) is -0.218. The SMILES string of the molecule is CN(CCc1ccncc1)CCC(N)c1ccccc1F. The average molecular weight is 287 g/mol. The number of nitrogens with two attached hydrogens (primary N) is 1. The molecule has 0 bridgehead atoms. The van der Waals surface area contributed by atoms with Crippen LogP contribution in [0.15, 0.2) is 48.8 Å². The summed E-state index contributed by atoms with van der Waals surface area (Å²) < 4.78 is 13.6. The third kappa shape index (κ3) is 4.92. The highest BCUT2D eigenvalue weighted by atomic mass is 19.1. The van der Waals surface area contributed by atoms with E-state index in [4.69, 9.17) is 5.73 Å². The normalized spacial score (nSPS) is 12.6. The fourth-order valence-corrected chi connectivity index (χ4v) is 2.27. The Kier molecular flexibility index (Phi) is 5.84. The van der Waals surface area contributed by atoms with Crippen LogP contribution in [0.25, 0.3) is 0 Å². The molecule has 0 fully saturated rings. The van der Waals surface area contributed by atoms with Gasteiger partial charge >= 0.3 is 0 Å². The number of halogens is 1. The Balaban J connectivity index is 1.76. The summed E-state index contributed by atoms with van der Waals surface area (Å²) in [7, 11) is 2.06. The highest BCUT2D eigenvalue weighted by Gasteiger charge is 2.11. The minimum Gasteiger partial charge on any atom is -0.324 e. The van der Waals surface area contributed by atoms with Crippen molar-refractivity contribution in [2.45, 2.75) is 18.9 Å². The lowest BCUT2D eigenvalue weighted by molar-refractivity contribution is 0.321. The molecule has 1 heterocycles. The van der Waals surface area contributed by atoms with Crippen LogP contribution in [-0.2, 0) is 6.42 Å². The molecule has 2 aromatic rings. The van der Waals surface area contributed by atoms with Crippen LogP contribution in [0, 0.1) is 5.82 Å². The van der Waals surface area contributed by atoms with Crippen LogP contribution >= 0.6 is 0 Å². The van der Waals surface area contributed by atoms with Gasteiger partial charge in [0.25, 0.3) is 0 Å². The third-order valence-corrected chi connectivity index (χ3v) is 3.66. The molecule has 0 saturated heterocycles. The number of aromatic nitrogens is 1. The first kappa shape index (κ1) is 15.6. The highest BCUT2D eigenvalue weighted by molar-refractivity contribution is 5.20. The van der Waals surface area contributed by atoms with E-state index in [-0.39, 0.29) is 11.9 Å². The van der Waals surface area contributed by atoms with Gasteiger partial charge in [0.2, 0.25) is 0 Å². The van der Waals surface area contributed by atoms with Crippen LogP contribution < -0.4 is 5.73 Å². The minimum atomic E-state index is -0.255. The maximum atomic E-state index is 13.6. The van der Waals surface area contributed by atoms with Crippen LogP contribution in [0.3, 0.4) is 0 Å². The molecule has 1 aromatic carbocycles. The van der Waals surface area contributed by atoms with Crippen molar-refractivity contribution in [1.29, 1.82) is 0 Å². The molecule has 2 rings (SSSR count). The molecule has 0 amide bonds. The summed E-state index contributed by atoms with van der Waals surface area (Å²) in [6, 6.07) is 10.5. The maximum absolute atomic E-state index is 13.6. The monoisotopic (exact) mass is 287 g/mol. The summed E-state index contributed by atoms with van der Waals surface area (Å²) in [5, 5.41) is 0. The van der Waals surface area contributed by atoms with Gasteiger partial charge < -0.3 is 10.6 Å². The molecule has 0 aliphatic carbocycles. The van der Waals surface area contributed by atoms with Gasteiger partial charge in [0, 0.05) is 30.5 Å². The Labute approximate surface area is 125 Å². The standard InChI is InChI=1S/C17H22FN3/c1-21(12-8-14-6-10-20-11-7-14)13-9-17(19)15-4-2-3-5-16(15)18/h2-7,10-11,17H,8-9,12-13,19H2,1H3. The predicted molar refractivity (Wildman–Crippen MR) is 83.4 cm³/mol. The van der Waals surface area contributed by atoms with E-state index < -0.39 is 0 Å². The molecular formula is C17H22FN3. The number of pyridine rings is 1. The summed E-state index contributed by atoms with van der Waals surface area (Å²) in [4.78, 5) is 6.23.